The van der Waals surface area contributed by atoms with Crippen molar-refractivity contribution in [3.8, 4) is 0 Å². The highest BCUT2D eigenvalue weighted by Crippen LogP contribution is 2.16. The monoisotopic (exact) mass is 620 g/mol. The first-order chi connectivity index (χ1) is 20.3. The Bertz CT molecular complexity index is 858. The van der Waals surface area contributed by atoms with Crippen LogP contribution in [0.4, 0.5) is 0 Å². The molecule has 0 aliphatic carbocycles. The van der Waals surface area contributed by atoms with Crippen LogP contribution in [0.5, 0.6) is 0 Å². The summed E-state index contributed by atoms with van der Waals surface area (Å²) in [5.74, 6) is -7.22. The molecule has 0 radical (unpaired) electrons. The molecule has 0 saturated carbocycles. The van der Waals surface area contributed by atoms with Gasteiger partial charge in [0.2, 0.25) is 23.3 Å². The molecule has 0 aromatic carbocycles. The number of rotatable bonds is 26. The number of aliphatic hydroxyl groups is 3. The Morgan fingerprint density at radius 1 is 0.674 bits per heavy atom. The Morgan fingerprint density at radius 2 is 1.07 bits per heavy atom. The summed E-state index contributed by atoms with van der Waals surface area (Å²) in [5, 5.41) is 32.2. The summed E-state index contributed by atoms with van der Waals surface area (Å²) in [5.41, 5.74) is 0. The fourth-order valence-electron chi connectivity index (χ4n) is 3.72. The van der Waals surface area contributed by atoms with Crippen LogP contribution in [0.15, 0.2) is 0 Å². The van der Waals surface area contributed by atoms with Crippen LogP contribution in [0.3, 0.4) is 0 Å². The number of methoxy groups -OCH3 is 1. The van der Waals surface area contributed by atoms with Crippen LogP contribution in [0.1, 0.15) is 65.7 Å². The third kappa shape index (κ3) is 17.8. The van der Waals surface area contributed by atoms with Gasteiger partial charge in [-0.25, -0.2) is 19.3 Å². The van der Waals surface area contributed by atoms with Crippen LogP contribution < -0.4 is 0 Å². The minimum absolute atomic E-state index is 0.000344. The van der Waals surface area contributed by atoms with Crippen molar-refractivity contribution in [1.82, 2.24) is 9.80 Å². The molecule has 15 nitrogen and oxygen atoms in total. The number of nitrogens with zero attached hydrogens (tertiary/aromatic N) is 2. The van der Waals surface area contributed by atoms with Crippen molar-refractivity contribution >= 4 is 35.3 Å². The van der Waals surface area contributed by atoms with Gasteiger partial charge in [0.15, 0.2) is 0 Å². The van der Waals surface area contributed by atoms with Crippen molar-refractivity contribution < 1.29 is 63.0 Å². The molecule has 0 amide bonds. The van der Waals surface area contributed by atoms with Gasteiger partial charge in [-0.1, -0.05) is 20.8 Å². The molecule has 0 rings (SSSR count). The third-order valence-corrected chi connectivity index (χ3v) is 6.22. The smallest absolute Gasteiger partial charge is 0.374 e. The molecule has 1 atom stereocenters. The van der Waals surface area contributed by atoms with E-state index in [9.17, 15) is 44.1 Å². The Labute approximate surface area is 252 Å². The second-order valence-electron chi connectivity index (χ2n) is 9.72. The number of ether oxygens (including phenoxy) is 4. The van der Waals surface area contributed by atoms with E-state index in [0.29, 0.717) is 25.9 Å². The summed E-state index contributed by atoms with van der Waals surface area (Å²) >= 11 is 0. The van der Waals surface area contributed by atoms with Crippen molar-refractivity contribution in [2.24, 2.45) is 0 Å². The molecule has 0 heterocycles. The van der Waals surface area contributed by atoms with Crippen molar-refractivity contribution in [1.29, 1.82) is 0 Å². The summed E-state index contributed by atoms with van der Waals surface area (Å²) in [4.78, 5) is 72.1. The van der Waals surface area contributed by atoms with Crippen LogP contribution >= 0.6 is 0 Å². The molecular formula is C28H48N2O13. The molecule has 0 aromatic heterocycles. The lowest BCUT2D eigenvalue weighted by atomic mass is 10.2. The van der Waals surface area contributed by atoms with Gasteiger partial charge in [0, 0.05) is 65.5 Å². The summed E-state index contributed by atoms with van der Waals surface area (Å²) in [7, 11) is 1.38. The van der Waals surface area contributed by atoms with Gasteiger partial charge in [-0.15, -0.1) is 0 Å². The van der Waals surface area contributed by atoms with Crippen molar-refractivity contribution in [3.63, 3.8) is 0 Å². The fraction of sp³-hybridized carbons (Fsp3) is 0.786. The number of ketones is 3. The van der Waals surface area contributed by atoms with E-state index < -0.39 is 47.3 Å². The number of carbonyl (C=O) groups excluding carboxylic acids is 6. The van der Waals surface area contributed by atoms with E-state index in [1.54, 1.807) is 18.7 Å². The van der Waals surface area contributed by atoms with Gasteiger partial charge < -0.3 is 39.2 Å². The van der Waals surface area contributed by atoms with Gasteiger partial charge in [-0.3, -0.25) is 14.4 Å². The zero-order valence-electron chi connectivity index (χ0n) is 25.7. The molecule has 0 spiro atoms. The van der Waals surface area contributed by atoms with Gasteiger partial charge in [0.1, 0.15) is 0 Å². The largest absolute Gasteiger partial charge is 0.460 e. The Balaban J connectivity index is 5.29. The van der Waals surface area contributed by atoms with E-state index in [-0.39, 0.29) is 78.2 Å². The van der Waals surface area contributed by atoms with Gasteiger partial charge in [-0.2, -0.15) is 0 Å². The second kappa shape index (κ2) is 22.7. The third-order valence-electron chi connectivity index (χ3n) is 6.22. The average Bonchev–Trinajstić information content (AvgIpc) is 2.99. The van der Waals surface area contributed by atoms with Crippen LogP contribution in [0.2, 0.25) is 0 Å². The van der Waals surface area contributed by atoms with Crippen LogP contribution in [0, 0.1) is 0 Å². The SMILES string of the molecule is CCC(=O)C(=O)OCCCN(CCCOC(=O)C(=O)CC)CCC(O)(O)N(CCCOC(=O)C(=O)CC)CC(O)COC. The van der Waals surface area contributed by atoms with E-state index in [1.165, 1.54) is 18.9 Å². The summed E-state index contributed by atoms with van der Waals surface area (Å²) in [6.07, 6.45) is -0.480. The van der Waals surface area contributed by atoms with Crippen molar-refractivity contribution in [3.05, 3.63) is 0 Å². The normalized spacial score (nSPS) is 12.2. The maximum atomic E-state index is 11.6. The summed E-state index contributed by atoms with van der Waals surface area (Å²) in [6, 6.07) is 0. The standard InChI is InChI=1S/C28H48N2O13/c1-5-22(32)25(35)41-16-8-12-29(13-9-17-42-26(36)23(33)6-2)15-11-28(38,39)30(19-21(31)20-40-4)14-10-18-43-27(37)24(34)7-3/h21,31,38-39H,5-20H2,1-4H3. The highest BCUT2D eigenvalue weighted by molar-refractivity contribution is 6.34. The van der Waals surface area contributed by atoms with Crippen LogP contribution in [-0.2, 0) is 47.7 Å². The average molecular weight is 621 g/mol. The molecule has 3 N–H and O–H groups in total. The molecular weight excluding hydrogens is 572 g/mol. The molecule has 43 heavy (non-hydrogen) atoms. The number of carbonyl (C=O) groups is 6. The molecule has 248 valence electrons. The maximum Gasteiger partial charge on any atom is 0.374 e. The van der Waals surface area contributed by atoms with Gasteiger partial charge in [0.25, 0.3) is 0 Å². The first-order valence-electron chi connectivity index (χ1n) is 14.5. The number of esters is 3. The lowest BCUT2D eigenvalue weighted by Gasteiger charge is -2.37. The molecule has 0 aromatic rings. The van der Waals surface area contributed by atoms with E-state index in [4.69, 9.17) is 18.9 Å². The Kier molecular flexibility index (Phi) is 21.2. The van der Waals surface area contributed by atoms with Crippen LogP contribution in [-0.4, -0.2) is 139 Å². The van der Waals surface area contributed by atoms with Gasteiger partial charge in [-0.05, 0) is 19.3 Å². The molecule has 15 heteroatoms. The lowest BCUT2D eigenvalue weighted by molar-refractivity contribution is -0.274. The van der Waals surface area contributed by atoms with Crippen molar-refractivity contribution in [2.45, 2.75) is 77.7 Å². The second-order valence-corrected chi connectivity index (χ2v) is 9.72. The first-order valence-corrected chi connectivity index (χ1v) is 14.5. The number of aliphatic hydroxyl groups excluding tert-OH is 1. The predicted octanol–water partition coefficient (Wildman–Crippen LogP) is -0.637. The van der Waals surface area contributed by atoms with E-state index in [0.717, 1.165) is 0 Å². The van der Waals surface area contributed by atoms with Gasteiger partial charge in [0.05, 0.1) is 32.5 Å². The Morgan fingerprint density at radius 3 is 1.44 bits per heavy atom. The van der Waals surface area contributed by atoms with Crippen molar-refractivity contribution in [2.75, 3.05) is 66.3 Å². The number of hydrogen-bond acceptors (Lipinski definition) is 15. The maximum absolute atomic E-state index is 11.6. The first kappa shape index (κ1) is 40.2. The lowest BCUT2D eigenvalue weighted by Crippen LogP contribution is -2.54. The summed E-state index contributed by atoms with van der Waals surface area (Å²) < 4.78 is 19.8. The minimum Gasteiger partial charge on any atom is -0.460 e. The van der Waals surface area contributed by atoms with E-state index in [1.807, 2.05) is 0 Å². The fourth-order valence-corrected chi connectivity index (χ4v) is 3.72. The molecule has 0 aliphatic rings. The molecule has 0 fully saturated rings. The number of hydrogen-bond donors (Lipinski definition) is 3. The topological polar surface area (TPSA) is 207 Å². The highest BCUT2D eigenvalue weighted by Gasteiger charge is 2.33. The summed E-state index contributed by atoms with van der Waals surface area (Å²) in [6.45, 7) is 4.84. The zero-order valence-corrected chi connectivity index (χ0v) is 25.7. The van der Waals surface area contributed by atoms with Crippen LogP contribution in [0.25, 0.3) is 0 Å². The van der Waals surface area contributed by atoms with Gasteiger partial charge >= 0.3 is 17.9 Å². The predicted molar refractivity (Wildman–Crippen MR) is 150 cm³/mol. The highest BCUT2D eigenvalue weighted by atomic mass is 16.5. The number of Topliss-reactive ketones (excluding diaryl/α,β-unsaturated/α-hetero) is 3. The quantitative estimate of drug-likeness (QED) is 0.0362. The molecule has 0 bridgehead atoms. The molecule has 0 aliphatic heterocycles. The molecule has 1 unspecified atom stereocenters. The minimum atomic E-state index is -2.42. The zero-order chi connectivity index (χ0) is 32.8. The molecule has 0 saturated heterocycles. The van der Waals surface area contributed by atoms with E-state index in [2.05, 4.69) is 0 Å². The van der Waals surface area contributed by atoms with E-state index >= 15 is 0 Å². The Hall–Kier alpha value is -2.82.